The fraction of sp³-hybridized carbons (Fsp3) is 0.467. The molecule has 0 aliphatic carbocycles. The molecule has 2 rings (SSSR count). The molecule has 1 heterocycles. The van der Waals surface area contributed by atoms with Crippen LogP contribution in [0, 0.1) is 0 Å². The first-order valence-electron chi connectivity index (χ1n) is 7.08. The Hall–Kier alpha value is -2.08. The zero-order chi connectivity index (χ0) is 15.2. The molecule has 0 radical (unpaired) electrons. The number of rotatable bonds is 4. The zero-order valence-corrected chi connectivity index (χ0v) is 12.2. The van der Waals surface area contributed by atoms with Crippen LogP contribution in [0.3, 0.4) is 0 Å². The number of carbonyl (C=O) groups is 1. The highest BCUT2D eigenvalue weighted by Gasteiger charge is 2.22. The van der Waals surface area contributed by atoms with Gasteiger partial charge in [-0.05, 0) is 31.4 Å². The molecule has 1 aromatic rings. The maximum absolute atomic E-state index is 12.4. The van der Waals surface area contributed by atoms with Gasteiger partial charge in [-0.15, -0.1) is 0 Å². The molecule has 1 saturated heterocycles. The monoisotopic (exact) mass is 291 g/mol. The minimum atomic E-state index is -0.0416. The topological polar surface area (TPSA) is 88.2 Å². The minimum Gasteiger partial charge on any atom is -0.409 e. The third kappa shape index (κ3) is 3.72. The lowest BCUT2D eigenvalue weighted by Crippen LogP contribution is -2.33. The number of amidine groups is 1. The van der Waals surface area contributed by atoms with E-state index in [0.29, 0.717) is 17.7 Å². The number of carbonyl (C=O) groups excluding carboxylic acids is 1. The molecule has 3 N–H and O–H groups in total. The minimum absolute atomic E-state index is 0.00952. The first-order chi connectivity index (χ1) is 10.1. The smallest absolute Gasteiger partial charge is 0.229 e. The van der Waals surface area contributed by atoms with Crippen molar-refractivity contribution in [1.82, 2.24) is 0 Å². The van der Waals surface area contributed by atoms with Crippen molar-refractivity contribution in [1.29, 1.82) is 0 Å². The summed E-state index contributed by atoms with van der Waals surface area (Å²) in [5, 5.41) is 11.8. The fourth-order valence-corrected chi connectivity index (χ4v) is 2.47. The van der Waals surface area contributed by atoms with Crippen molar-refractivity contribution in [3.63, 3.8) is 0 Å². The van der Waals surface area contributed by atoms with Gasteiger partial charge in [-0.2, -0.15) is 0 Å². The number of hydrogen-bond acceptors (Lipinski definition) is 4. The Balaban J connectivity index is 2.11. The molecule has 21 heavy (non-hydrogen) atoms. The first kappa shape index (κ1) is 15.3. The lowest BCUT2D eigenvalue weighted by atomic mass is 10.1. The van der Waals surface area contributed by atoms with Crippen molar-refractivity contribution in [2.24, 2.45) is 10.9 Å². The number of benzene rings is 1. The quantitative estimate of drug-likeness (QED) is 0.382. The summed E-state index contributed by atoms with van der Waals surface area (Å²) in [5.74, 6) is -0.0562. The van der Waals surface area contributed by atoms with E-state index in [1.165, 1.54) is 4.90 Å². The number of oxime groups is 1. The lowest BCUT2D eigenvalue weighted by Gasteiger charge is -2.25. The Labute approximate surface area is 124 Å². The summed E-state index contributed by atoms with van der Waals surface area (Å²) in [6.07, 6.45) is 3.42. The van der Waals surface area contributed by atoms with Gasteiger partial charge in [0.1, 0.15) is 0 Å². The maximum Gasteiger partial charge on any atom is 0.229 e. The van der Waals surface area contributed by atoms with Crippen LogP contribution in [0.15, 0.2) is 29.4 Å². The molecule has 1 aliphatic heterocycles. The van der Waals surface area contributed by atoms with Gasteiger partial charge >= 0.3 is 0 Å². The van der Waals surface area contributed by atoms with Crippen LogP contribution in [-0.4, -0.2) is 36.7 Å². The van der Waals surface area contributed by atoms with Gasteiger partial charge in [0.25, 0.3) is 0 Å². The molecule has 114 valence electrons. The molecule has 1 atom stereocenters. The SMILES string of the molecule is CN(C(=O)CC1CCCCO1)c1ccccc1/C(N)=N/O. The first-order valence-corrected chi connectivity index (χ1v) is 7.08. The zero-order valence-electron chi connectivity index (χ0n) is 12.2. The Morgan fingerprint density at radius 2 is 2.24 bits per heavy atom. The molecule has 6 heteroatoms. The summed E-state index contributed by atoms with van der Waals surface area (Å²) in [6.45, 7) is 0.725. The van der Waals surface area contributed by atoms with Gasteiger partial charge in [0.2, 0.25) is 5.91 Å². The predicted molar refractivity (Wildman–Crippen MR) is 80.6 cm³/mol. The van der Waals surface area contributed by atoms with Crippen LogP contribution in [0.2, 0.25) is 0 Å². The number of para-hydroxylation sites is 1. The van der Waals surface area contributed by atoms with Crippen LogP contribution in [0.1, 0.15) is 31.2 Å². The second-order valence-corrected chi connectivity index (χ2v) is 5.15. The second-order valence-electron chi connectivity index (χ2n) is 5.15. The Kier molecular flexibility index (Phi) is 5.16. The molecule has 0 bridgehead atoms. The van der Waals surface area contributed by atoms with Gasteiger partial charge in [0.05, 0.1) is 18.2 Å². The van der Waals surface area contributed by atoms with E-state index in [1.54, 1.807) is 25.2 Å². The number of nitrogens with zero attached hydrogens (tertiary/aromatic N) is 2. The van der Waals surface area contributed by atoms with Crippen molar-refractivity contribution >= 4 is 17.4 Å². The molecule has 1 aromatic carbocycles. The lowest BCUT2D eigenvalue weighted by molar-refractivity contribution is -0.122. The Bertz CT molecular complexity index is 525. The van der Waals surface area contributed by atoms with Crippen molar-refractivity contribution in [2.75, 3.05) is 18.6 Å². The average molecular weight is 291 g/mol. The van der Waals surface area contributed by atoms with E-state index in [2.05, 4.69) is 5.16 Å². The standard InChI is InChI=1S/C15H21N3O3/c1-18(14(19)10-11-6-4-5-9-21-11)13-8-3-2-7-12(13)15(16)17-20/h2-3,7-8,11,20H,4-6,9-10H2,1H3,(H2,16,17). The highest BCUT2D eigenvalue weighted by molar-refractivity contribution is 6.06. The van der Waals surface area contributed by atoms with Crippen LogP contribution in [-0.2, 0) is 9.53 Å². The van der Waals surface area contributed by atoms with Crippen molar-refractivity contribution in [2.45, 2.75) is 31.8 Å². The molecular formula is C15H21N3O3. The normalized spacial score (nSPS) is 19.3. The molecule has 6 nitrogen and oxygen atoms in total. The van der Waals surface area contributed by atoms with Crippen molar-refractivity contribution < 1.29 is 14.7 Å². The van der Waals surface area contributed by atoms with Crippen LogP contribution in [0.5, 0.6) is 0 Å². The van der Waals surface area contributed by atoms with E-state index in [9.17, 15) is 4.79 Å². The molecule has 0 aromatic heterocycles. The molecule has 1 amide bonds. The second kappa shape index (κ2) is 7.08. The summed E-state index contributed by atoms with van der Waals surface area (Å²) >= 11 is 0. The summed E-state index contributed by atoms with van der Waals surface area (Å²) in [7, 11) is 1.69. The maximum atomic E-state index is 12.4. The fourth-order valence-electron chi connectivity index (χ4n) is 2.47. The van der Waals surface area contributed by atoms with Gasteiger partial charge in [-0.1, -0.05) is 17.3 Å². The van der Waals surface area contributed by atoms with Gasteiger partial charge < -0.3 is 20.6 Å². The third-order valence-electron chi connectivity index (χ3n) is 3.70. The highest BCUT2D eigenvalue weighted by Crippen LogP contribution is 2.22. The molecule has 1 fully saturated rings. The van der Waals surface area contributed by atoms with E-state index in [0.717, 1.165) is 25.9 Å². The summed E-state index contributed by atoms with van der Waals surface area (Å²) in [4.78, 5) is 13.9. The van der Waals surface area contributed by atoms with Crippen LogP contribution in [0.25, 0.3) is 0 Å². The van der Waals surface area contributed by atoms with E-state index >= 15 is 0 Å². The van der Waals surface area contributed by atoms with Crippen LogP contribution >= 0.6 is 0 Å². The van der Waals surface area contributed by atoms with E-state index in [-0.39, 0.29) is 17.8 Å². The largest absolute Gasteiger partial charge is 0.409 e. The number of hydrogen-bond donors (Lipinski definition) is 2. The summed E-state index contributed by atoms with van der Waals surface area (Å²) in [6, 6.07) is 7.07. The van der Waals surface area contributed by atoms with Gasteiger partial charge in [0.15, 0.2) is 5.84 Å². The number of anilines is 1. The van der Waals surface area contributed by atoms with Gasteiger partial charge in [0, 0.05) is 19.2 Å². The molecular weight excluding hydrogens is 270 g/mol. The molecule has 0 spiro atoms. The van der Waals surface area contributed by atoms with Crippen LogP contribution < -0.4 is 10.6 Å². The number of nitrogens with two attached hydrogens (primary N) is 1. The highest BCUT2D eigenvalue weighted by atomic mass is 16.5. The van der Waals surface area contributed by atoms with Gasteiger partial charge in [-0.3, -0.25) is 4.79 Å². The molecule has 0 saturated carbocycles. The van der Waals surface area contributed by atoms with Gasteiger partial charge in [-0.25, -0.2) is 0 Å². The summed E-state index contributed by atoms with van der Waals surface area (Å²) < 4.78 is 5.60. The summed E-state index contributed by atoms with van der Waals surface area (Å²) in [5.41, 5.74) is 6.80. The number of ether oxygens (including phenoxy) is 1. The Morgan fingerprint density at radius 1 is 1.48 bits per heavy atom. The molecule has 1 unspecified atom stereocenters. The predicted octanol–water partition coefficient (Wildman–Crippen LogP) is 1.70. The van der Waals surface area contributed by atoms with E-state index in [1.807, 2.05) is 6.07 Å². The average Bonchev–Trinajstić information content (AvgIpc) is 2.54. The van der Waals surface area contributed by atoms with E-state index in [4.69, 9.17) is 15.7 Å². The van der Waals surface area contributed by atoms with Crippen molar-refractivity contribution in [3.8, 4) is 0 Å². The van der Waals surface area contributed by atoms with Crippen molar-refractivity contribution in [3.05, 3.63) is 29.8 Å². The molecule has 1 aliphatic rings. The Morgan fingerprint density at radius 3 is 2.90 bits per heavy atom. The van der Waals surface area contributed by atoms with E-state index < -0.39 is 0 Å². The van der Waals surface area contributed by atoms with Crippen LogP contribution in [0.4, 0.5) is 5.69 Å². The number of amides is 1. The third-order valence-corrected chi connectivity index (χ3v) is 3.70.